The monoisotopic (exact) mass is 216 g/mol. The predicted octanol–water partition coefficient (Wildman–Crippen LogP) is 2.06. The quantitative estimate of drug-likeness (QED) is 0.836. The first kappa shape index (κ1) is 10.0. The van der Waals surface area contributed by atoms with Gasteiger partial charge in [-0.15, -0.1) is 0 Å². The smallest absolute Gasteiger partial charge is 0.162 e. The molecule has 2 nitrogen and oxygen atoms in total. The lowest BCUT2D eigenvalue weighted by Crippen LogP contribution is -2.28. The molecule has 2 unspecified atom stereocenters. The summed E-state index contributed by atoms with van der Waals surface area (Å²) >= 11 is 0. The van der Waals surface area contributed by atoms with Crippen LogP contribution >= 0.6 is 0 Å². The molecule has 1 aromatic rings. The zero-order chi connectivity index (χ0) is 11.1. The molecule has 16 heavy (non-hydrogen) atoms. The van der Waals surface area contributed by atoms with Crippen LogP contribution in [-0.2, 0) is 11.2 Å². The van der Waals surface area contributed by atoms with E-state index in [0.29, 0.717) is 12.3 Å². The molecule has 0 bridgehead atoms. The summed E-state index contributed by atoms with van der Waals surface area (Å²) in [6, 6.07) is 8.27. The molecule has 1 saturated carbocycles. The average Bonchev–Trinajstić information content (AvgIpc) is 3.08. The lowest BCUT2D eigenvalue weighted by molar-refractivity contribution is -0.128. The molecule has 0 amide bonds. The lowest BCUT2D eigenvalue weighted by Gasteiger charge is -2.30. The highest BCUT2D eigenvalue weighted by atomic mass is 16.3. The van der Waals surface area contributed by atoms with E-state index in [9.17, 15) is 9.90 Å². The Kier molecular flexibility index (Phi) is 2.32. The van der Waals surface area contributed by atoms with Gasteiger partial charge in [-0.25, -0.2) is 0 Å². The van der Waals surface area contributed by atoms with Crippen molar-refractivity contribution in [1.82, 2.24) is 0 Å². The van der Waals surface area contributed by atoms with E-state index < -0.39 is 6.10 Å². The van der Waals surface area contributed by atoms with E-state index in [0.717, 1.165) is 19.3 Å². The molecule has 0 spiro atoms. The molecule has 2 aliphatic carbocycles. The Hall–Kier alpha value is -1.15. The van der Waals surface area contributed by atoms with Gasteiger partial charge >= 0.3 is 0 Å². The van der Waals surface area contributed by atoms with Crippen LogP contribution in [0.25, 0.3) is 0 Å². The van der Waals surface area contributed by atoms with Gasteiger partial charge in [0, 0.05) is 6.42 Å². The molecule has 1 aromatic carbocycles. The number of carbonyl (C=O) groups excluding carboxylic acids is 1. The van der Waals surface area contributed by atoms with Crippen molar-refractivity contribution in [1.29, 1.82) is 0 Å². The Morgan fingerprint density at radius 3 is 2.81 bits per heavy atom. The van der Waals surface area contributed by atoms with Gasteiger partial charge in [-0.2, -0.15) is 0 Å². The van der Waals surface area contributed by atoms with Gasteiger partial charge in [-0.1, -0.05) is 24.3 Å². The van der Waals surface area contributed by atoms with Crippen LogP contribution in [0.5, 0.6) is 0 Å². The van der Waals surface area contributed by atoms with E-state index in [1.54, 1.807) is 0 Å². The summed E-state index contributed by atoms with van der Waals surface area (Å²) < 4.78 is 0. The Balaban J connectivity index is 1.63. The highest BCUT2D eigenvalue weighted by molar-refractivity contribution is 5.84. The lowest BCUT2D eigenvalue weighted by atomic mass is 9.74. The first-order chi connectivity index (χ1) is 7.75. The highest BCUT2D eigenvalue weighted by Crippen LogP contribution is 2.39. The number of carbonyl (C=O) groups is 1. The number of aliphatic hydroxyl groups excluding tert-OH is 1. The van der Waals surface area contributed by atoms with Crippen molar-refractivity contribution < 1.29 is 9.90 Å². The minimum Gasteiger partial charge on any atom is -0.385 e. The molecule has 1 N–H and O–H groups in total. The third-order valence-corrected chi connectivity index (χ3v) is 3.81. The van der Waals surface area contributed by atoms with Crippen LogP contribution < -0.4 is 0 Å². The van der Waals surface area contributed by atoms with Crippen LogP contribution in [0.4, 0.5) is 0 Å². The first-order valence-electron chi connectivity index (χ1n) is 6.04. The molecule has 0 saturated heterocycles. The van der Waals surface area contributed by atoms with E-state index in [4.69, 9.17) is 0 Å². The minimum absolute atomic E-state index is 0.0435. The van der Waals surface area contributed by atoms with Gasteiger partial charge in [0.05, 0.1) is 0 Å². The molecular formula is C14H16O2. The van der Waals surface area contributed by atoms with Crippen LogP contribution in [0, 0.1) is 5.92 Å². The van der Waals surface area contributed by atoms with Crippen LogP contribution in [-0.4, -0.2) is 17.0 Å². The molecule has 2 atom stereocenters. The molecule has 2 heteroatoms. The number of aliphatic hydroxyl groups is 1. The molecule has 0 radical (unpaired) electrons. The van der Waals surface area contributed by atoms with E-state index in [2.05, 4.69) is 12.1 Å². The van der Waals surface area contributed by atoms with E-state index in [-0.39, 0.29) is 11.7 Å². The topological polar surface area (TPSA) is 37.3 Å². The molecule has 2 aliphatic rings. The number of hydrogen-bond donors (Lipinski definition) is 1. The van der Waals surface area contributed by atoms with Crippen molar-refractivity contribution in [3.05, 3.63) is 35.4 Å². The third kappa shape index (κ3) is 1.67. The van der Waals surface area contributed by atoms with Gasteiger partial charge in [0.25, 0.3) is 0 Å². The molecule has 3 rings (SSSR count). The van der Waals surface area contributed by atoms with Crippen molar-refractivity contribution in [3.63, 3.8) is 0 Å². The van der Waals surface area contributed by atoms with Crippen molar-refractivity contribution in [2.24, 2.45) is 5.92 Å². The predicted molar refractivity (Wildman–Crippen MR) is 61.2 cm³/mol. The Morgan fingerprint density at radius 1 is 1.38 bits per heavy atom. The van der Waals surface area contributed by atoms with Crippen LogP contribution in [0.1, 0.15) is 36.3 Å². The van der Waals surface area contributed by atoms with Gasteiger partial charge in [-0.3, -0.25) is 4.79 Å². The fourth-order valence-electron chi connectivity index (χ4n) is 2.58. The zero-order valence-corrected chi connectivity index (χ0v) is 9.23. The second-order valence-electron chi connectivity index (χ2n) is 5.05. The first-order valence-corrected chi connectivity index (χ1v) is 6.04. The number of Topliss-reactive ketones (excluding diaryl/α,β-unsaturated/α-hetero) is 1. The van der Waals surface area contributed by atoms with E-state index in [1.807, 2.05) is 12.1 Å². The normalized spacial score (nSPS) is 24.4. The van der Waals surface area contributed by atoms with Crippen molar-refractivity contribution in [2.45, 2.75) is 37.7 Å². The Labute approximate surface area is 95.3 Å². The van der Waals surface area contributed by atoms with Crippen molar-refractivity contribution in [3.8, 4) is 0 Å². The molecule has 0 aliphatic heterocycles. The number of hydrogen-bond acceptors (Lipinski definition) is 2. The van der Waals surface area contributed by atoms with Gasteiger partial charge in [-0.05, 0) is 42.2 Å². The summed E-state index contributed by atoms with van der Waals surface area (Å²) in [4.78, 5) is 11.8. The molecule has 84 valence electrons. The Morgan fingerprint density at radius 2 is 2.12 bits per heavy atom. The maximum Gasteiger partial charge on any atom is 0.162 e. The molecule has 1 fully saturated rings. The number of ketones is 1. The second kappa shape index (κ2) is 3.70. The van der Waals surface area contributed by atoms with Gasteiger partial charge in [0.1, 0.15) is 6.10 Å². The second-order valence-corrected chi connectivity index (χ2v) is 5.05. The summed E-state index contributed by atoms with van der Waals surface area (Å²) in [5.74, 6) is 0.668. The van der Waals surface area contributed by atoms with Gasteiger partial charge < -0.3 is 5.11 Å². The third-order valence-electron chi connectivity index (χ3n) is 3.81. The fourth-order valence-corrected chi connectivity index (χ4v) is 2.58. The summed E-state index contributed by atoms with van der Waals surface area (Å²) in [7, 11) is 0. The van der Waals surface area contributed by atoms with Crippen LogP contribution in [0.15, 0.2) is 24.3 Å². The number of fused-ring (bicyclic) bond motifs is 1. The minimum atomic E-state index is -0.687. The van der Waals surface area contributed by atoms with Gasteiger partial charge in [0.2, 0.25) is 0 Å². The SMILES string of the molecule is O=C(CC1Cc2ccccc21)C(O)C1CC1. The van der Waals surface area contributed by atoms with E-state index >= 15 is 0 Å². The maximum atomic E-state index is 11.8. The molecule has 0 aromatic heterocycles. The zero-order valence-electron chi connectivity index (χ0n) is 9.23. The molecule has 0 heterocycles. The summed E-state index contributed by atoms with van der Waals surface area (Å²) in [5.41, 5.74) is 2.67. The summed E-state index contributed by atoms with van der Waals surface area (Å²) in [6.07, 6.45) is 2.88. The van der Waals surface area contributed by atoms with E-state index in [1.165, 1.54) is 11.1 Å². The number of rotatable bonds is 4. The van der Waals surface area contributed by atoms with Crippen molar-refractivity contribution >= 4 is 5.78 Å². The standard InChI is InChI=1S/C14H16O2/c15-13(14(16)9-5-6-9)8-11-7-10-3-1-2-4-12(10)11/h1-4,9,11,14,16H,5-8H2. The Bertz CT molecular complexity index is 420. The molecular weight excluding hydrogens is 200 g/mol. The highest BCUT2D eigenvalue weighted by Gasteiger charge is 2.36. The largest absolute Gasteiger partial charge is 0.385 e. The maximum absolute atomic E-state index is 11.8. The van der Waals surface area contributed by atoms with Crippen LogP contribution in [0.2, 0.25) is 0 Å². The summed E-state index contributed by atoms with van der Waals surface area (Å²) in [5, 5.41) is 9.72. The van der Waals surface area contributed by atoms with Crippen molar-refractivity contribution in [2.75, 3.05) is 0 Å². The van der Waals surface area contributed by atoms with Crippen LogP contribution in [0.3, 0.4) is 0 Å². The fraction of sp³-hybridized carbons (Fsp3) is 0.500. The van der Waals surface area contributed by atoms with Gasteiger partial charge in [0.15, 0.2) is 5.78 Å². The summed E-state index contributed by atoms with van der Waals surface area (Å²) in [6.45, 7) is 0. The number of benzene rings is 1. The average molecular weight is 216 g/mol.